The maximum Gasteiger partial charge on any atom is 0.340 e. The van der Waals surface area contributed by atoms with Gasteiger partial charge in [-0.15, -0.1) is 11.8 Å². The van der Waals surface area contributed by atoms with E-state index in [1.165, 1.54) is 11.8 Å². The average molecular weight is 586 g/mol. The van der Waals surface area contributed by atoms with Crippen LogP contribution in [0.15, 0.2) is 53.6 Å². The number of piperidine rings is 1. The van der Waals surface area contributed by atoms with Gasteiger partial charge in [-0.3, -0.25) is 4.79 Å². The highest BCUT2D eigenvalue weighted by atomic mass is 32.2. The molecule has 0 aliphatic carbocycles. The summed E-state index contributed by atoms with van der Waals surface area (Å²) in [5.74, 6) is 2.35. The lowest BCUT2D eigenvalue weighted by Crippen LogP contribution is -2.49. The highest BCUT2D eigenvalue weighted by molar-refractivity contribution is 7.98. The van der Waals surface area contributed by atoms with Gasteiger partial charge in [0.05, 0.1) is 23.4 Å². The van der Waals surface area contributed by atoms with E-state index in [9.17, 15) is 14.9 Å². The van der Waals surface area contributed by atoms with Crippen LogP contribution in [0, 0.1) is 18.3 Å². The SMILES string of the molecule is CCOC(=O)c1cc(C#N)c(SCc2ccc(C(=O)N3C4CCC3CC(Oc3ccc5c(c3)OCO5)C4)cc2)nc1C. The van der Waals surface area contributed by atoms with Gasteiger partial charge in [0.25, 0.3) is 5.91 Å². The summed E-state index contributed by atoms with van der Waals surface area (Å²) >= 11 is 1.42. The van der Waals surface area contributed by atoms with Crippen LogP contribution in [0.25, 0.3) is 0 Å². The number of hydrogen-bond acceptors (Lipinski definition) is 9. The van der Waals surface area contributed by atoms with Gasteiger partial charge in [-0.1, -0.05) is 12.1 Å². The molecule has 3 aliphatic heterocycles. The second-order valence-electron chi connectivity index (χ2n) is 10.6. The first-order valence-electron chi connectivity index (χ1n) is 14.1. The predicted molar refractivity (Wildman–Crippen MR) is 155 cm³/mol. The third-order valence-corrected chi connectivity index (χ3v) is 9.00. The van der Waals surface area contributed by atoms with Gasteiger partial charge in [0.15, 0.2) is 11.5 Å². The molecule has 42 heavy (non-hydrogen) atoms. The number of hydrogen-bond donors (Lipinski definition) is 0. The molecule has 1 aromatic heterocycles. The number of esters is 1. The normalized spacial score (nSPS) is 20.2. The van der Waals surface area contributed by atoms with Gasteiger partial charge in [-0.25, -0.2) is 9.78 Å². The number of aromatic nitrogens is 1. The van der Waals surface area contributed by atoms with Crippen LogP contribution in [0.4, 0.5) is 0 Å². The molecule has 1 amide bonds. The zero-order chi connectivity index (χ0) is 29.2. The largest absolute Gasteiger partial charge is 0.490 e. The summed E-state index contributed by atoms with van der Waals surface area (Å²) in [4.78, 5) is 32.3. The standard InChI is InChI=1S/C32H31N3O6S/c1-3-38-32(37)27-12-22(16-33)30(34-19(27)2)42-17-20-4-6-21(7-5-20)31(36)35-23-8-9-24(35)14-26(13-23)41-25-10-11-28-29(15-25)40-18-39-28/h4-7,10-12,15,23-24,26H,3,8-9,13-14,17-18H2,1-2H3. The van der Waals surface area contributed by atoms with E-state index in [4.69, 9.17) is 18.9 Å². The number of thioether (sulfide) groups is 1. The Labute approximate surface area is 248 Å². The van der Waals surface area contributed by atoms with E-state index in [-0.39, 0.29) is 37.5 Å². The van der Waals surface area contributed by atoms with Gasteiger partial charge < -0.3 is 23.8 Å². The van der Waals surface area contributed by atoms with Crippen LogP contribution in [0.2, 0.25) is 0 Å². The first-order chi connectivity index (χ1) is 20.4. The van der Waals surface area contributed by atoms with E-state index in [1.807, 2.05) is 42.5 Å². The van der Waals surface area contributed by atoms with Crippen molar-refractivity contribution in [1.82, 2.24) is 9.88 Å². The summed E-state index contributed by atoms with van der Waals surface area (Å²) in [7, 11) is 0. The Morgan fingerprint density at radius 2 is 1.81 bits per heavy atom. The monoisotopic (exact) mass is 585 g/mol. The highest BCUT2D eigenvalue weighted by Crippen LogP contribution is 2.40. The third kappa shape index (κ3) is 5.61. The van der Waals surface area contributed by atoms with Crippen molar-refractivity contribution >= 4 is 23.6 Å². The molecule has 0 spiro atoms. The third-order valence-electron chi connectivity index (χ3n) is 7.94. The number of nitrogens with zero attached hydrogens (tertiary/aromatic N) is 3. The molecule has 0 saturated carbocycles. The van der Waals surface area contributed by atoms with Gasteiger partial charge in [-0.05, 0) is 62.6 Å². The number of pyridine rings is 1. The van der Waals surface area contributed by atoms with E-state index >= 15 is 0 Å². The van der Waals surface area contributed by atoms with Crippen molar-refractivity contribution in [3.8, 4) is 23.3 Å². The molecule has 10 heteroatoms. The van der Waals surface area contributed by atoms with Crippen LogP contribution in [0.3, 0.4) is 0 Å². The number of benzene rings is 2. The highest BCUT2D eigenvalue weighted by Gasteiger charge is 2.44. The Morgan fingerprint density at radius 3 is 2.52 bits per heavy atom. The number of ether oxygens (including phenoxy) is 4. The summed E-state index contributed by atoms with van der Waals surface area (Å²) in [6.07, 6.45) is 3.61. The number of carbonyl (C=O) groups excluding carboxylic acids is 2. The molecule has 2 bridgehead atoms. The molecular weight excluding hydrogens is 554 g/mol. The van der Waals surface area contributed by atoms with Crippen LogP contribution in [0.1, 0.15) is 70.1 Å². The maximum absolute atomic E-state index is 13.6. The van der Waals surface area contributed by atoms with E-state index in [0.717, 1.165) is 42.7 Å². The van der Waals surface area contributed by atoms with Crippen molar-refractivity contribution in [2.24, 2.45) is 0 Å². The molecule has 3 aliphatic rings. The maximum atomic E-state index is 13.6. The fourth-order valence-corrected chi connectivity index (χ4v) is 6.89. The Morgan fingerprint density at radius 1 is 1.07 bits per heavy atom. The van der Waals surface area contributed by atoms with Gasteiger partial charge in [0.1, 0.15) is 22.9 Å². The Balaban J connectivity index is 1.07. The Bertz CT molecular complexity index is 1540. The number of fused-ring (bicyclic) bond motifs is 3. The summed E-state index contributed by atoms with van der Waals surface area (Å²) in [5.41, 5.74) is 2.84. The Kier molecular flexibility index (Phi) is 7.94. The number of aryl methyl sites for hydroxylation is 1. The van der Waals surface area contributed by atoms with Crippen molar-refractivity contribution < 1.29 is 28.5 Å². The van der Waals surface area contributed by atoms with E-state index < -0.39 is 5.97 Å². The average Bonchev–Trinajstić information content (AvgIpc) is 3.57. The molecule has 0 radical (unpaired) electrons. The number of carbonyl (C=O) groups is 2. The number of rotatable bonds is 8. The van der Waals surface area contributed by atoms with E-state index in [2.05, 4.69) is 16.0 Å². The Hall–Kier alpha value is -4.23. The summed E-state index contributed by atoms with van der Waals surface area (Å²) in [5, 5.41) is 10.2. The lowest BCUT2D eigenvalue weighted by atomic mass is 9.98. The van der Waals surface area contributed by atoms with Crippen LogP contribution in [-0.2, 0) is 10.5 Å². The fourth-order valence-electron chi connectivity index (χ4n) is 5.93. The molecule has 3 aromatic rings. The fraction of sp³-hybridized carbons (Fsp3) is 0.375. The predicted octanol–water partition coefficient (Wildman–Crippen LogP) is 5.67. The summed E-state index contributed by atoms with van der Waals surface area (Å²) in [6.45, 7) is 3.96. The van der Waals surface area contributed by atoms with Gasteiger partial charge in [0, 0.05) is 42.3 Å². The molecule has 2 saturated heterocycles. The zero-order valence-corrected chi connectivity index (χ0v) is 24.3. The molecule has 2 atom stereocenters. The number of nitriles is 1. The van der Waals surface area contributed by atoms with Crippen molar-refractivity contribution in [3.05, 3.63) is 76.5 Å². The zero-order valence-electron chi connectivity index (χ0n) is 23.5. The summed E-state index contributed by atoms with van der Waals surface area (Å²) in [6, 6.07) is 17.3. The molecule has 4 heterocycles. The topological polar surface area (TPSA) is 111 Å². The quantitative estimate of drug-likeness (QED) is 0.244. The van der Waals surface area contributed by atoms with Crippen LogP contribution in [0.5, 0.6) is 17.2 Å². The van der Waals surface area contributed by atoms with Gasteiger partial charge in [-0.2, -0.15) is 5.26 Å². The van der Waals surface area contributed by atoms with E-state index in [0.29, 0.717) is 38.9 Å². The molecular formula is C32H31N3O6S. The minimum atomic E-state index is -0.481. The van der Waals surface area contributed by atoms with Crippen molar-refractivity contribution in [3.63, 3.8) is 0 Å². The molecule has 2 unspecified atom stereocenters. The molecule has 6 rings (SSSR count). The van der Waals surface area contributed by atoms with E-state index in [1.54, 1.807) is 19.9 Å². The molecule has 9 nitrogen and oxygen atoms in total. The smallest absolute Gasteiger partial charge is 0.340 e. The first-order valence-corrected chi connectivity index (χ1v) is 15.1. The van der Waals surface area contributed by atoms with Crippen molar-refractivity contribution in [1.29, 1.82) is 5.26 Å². The molecule has 2 aromatic carbocycles. The van der Waals surface area contributed by atoms with Crippen LogP contribution in [-0.4, -0.2) is 53.3 Å². The lowest BCUT2D eigenvalue weighted by Gasteiger charge is -2.39. The molecule has 2 fully saturated rings. The summed E-state index contributed by atoms with van der Waals surface area (Å²) < 4.78 is 22.2. The van der Waals surface area contributed by atoms with Crippen LogP contribution >= 0.6 is 11.8 Å². The molecule has 216 valence electrons. The van der Waals surface area contributed by atoms with Crippen LogP contribution < -0.4 is 14.2 Å². The van der Waals surface area contributed by atoms with Gasteiger partial charge in [0.2, 0.25) is 6.79 Å². The van der Waals surface area contributed by atoms with Crippen molar-refractivity contribution in [2.75, 3.05) is 13.4 Å². The van der Waals surface area contributed by atoms with Crippen molar-refractivity contribution in [2.45, 2.75) is 68.5 Å². The molecule has 0 N–H and O–H groups in total. The number of amides is 1. The second kappa shape index (κ2) is 11.9. The second-order valence-corrected chi connectivity index (χ2v) is 11.6. The lowest BCUT2D eigenvalue weighted by molar-refractivity contribution is 0.0358. The first kappa shape index (κ1) is 27.9. The van der Waals surface area contributed by atoms with Gasteiger partial charge >= 0.3 is 5.97 Å². The minimum Gasteiger partial charge on any atom is -0.490 e. The minimum absolute atomic E-state index is 0.0493.